The molecule has 178 valence electrons. The summed E-state index contributed by atoms with van der Waals surface area (Å²) in [7, 11) is -3.18. The van der Waals surface area contributed by atoms with Crippen LogP contribution in [-0.2, 0) is 13.8 Å². The van der Waals surface area contributed by atoms with E-state index >= 15 is 4.39 Å². The maximum Gasteiger partial charge on any atom is 0.368 e. The third-order valence-corrected chi connectivity index (χ3v) is 5.82. The first kappa shape index (κ1) is 23.3. The number of benzene rings is 1. The molecule has 5 atom stereocenters. The van der Waals surface area contributed by atoms with Gasteiger partial charge in [-0.1, -0.05) is 18.2 Å². The van der Waals surface area contributed by atoms with Crippen LogP contribution in [0.4, 0.5) is 10.3 Å². The van der Waals surface area contributed by atoms with Crippen LogP contribution in [0, 0.1) is 0 Å². The lowest BCUT2D eigenvalue weighted by Gasteiger charge is -2.27. The number of imidazole rings is 1. The molecule has 0 bridgehead atoms. The molecule has 0 saturated carbocycles. The van der Waals surface area contributed by atoms with Crippen LogP contribution in [0.5, 0.6) is 11.6 Å². The number of aromatic nitrogens is 4. The number of rotatable bonds is 8. The average Bonchev–Trinajstić information content (AvgIpc) is 3.26. The highest BCUT2D eigenvalue weighted by atomic mass is 31.1. The predicted octanol–water partition coefficient (Wildman–Crippen LogP) is 1.60. The number of nitrogen functional groups attached to an aromatic ring is 1. The van der Waals surface area contributed by atoms with E-state index in [1.807, 2.05) is 0 Å². The fourth-order valence-corrected chi connectivity index (χ4v) is 4.18. The molecule has 0 aliphatic carbocycles. The van der Waals surface area contributed by atoms with Gasteiger partial charge in [-0.05, 0) is 26.0 Å². The lowest BCUT2D eigenvalue weighted by atomic mass is 9.95. The van der Waals surface area contributed by atoms with Gasteiger partial charge in [0.25, 0.3) is 5.85 Å². The van der Waals surface area contributed by atoms with Gasteiger partial charge in [0.15, 0.2) is 17.4 Å². The molecule has 1 aliphatic rings. The molecule has 1 saturated heterocycles. The zero-order valence-electron chi connectivity index (χ0n) is 17.7. The van der Waals surface area contributed by atoms with Crippen molar-refractivity contribution in [2.75, 3.05) is 18.9 Å². The number of nitrogens with two attached hydrogens (primary N) is 1. The van der Waals surface area contributed by atoms with E-state index in [1.165, 1.54) is 17.8 Å². The molecule has 3 aromatic rings. The fourth-order valence-electron chi connectivity index (χ4n) is 3.48. The Kier molecular flexibility index (Phi) is 6.25. The number of halogens is 1. The molecule has 1 unspecified atom stereocenters. The number of aliphatic hydroxyl groups is 2. The maximum atomic E-state index is 15.6. The van der Waals surface area contributed by atoms with Crippen molar-refractivity contribution in [3.05, 3.63) is 36.7 Å². The van der Waals surface area contributed by atoms with Crippen LogP contribution < -0.4 is 15.0 Å². The van der Waals surface area contributed by atoms with E-state index in [0.717, 1.165) is 0 Å². The van der Waals surface area contributed by atoms with Gasteiger partial charge in [0.05, 0.1) is 12.9 Å². The molecular formula is C19H23FN5O7P. The monoisotopic (exact) mass is 483 g/mol. The van der Waals surface area contributed by atoms with Crippen molar-refractivity contribution < 1.29 is 37.7 Å². The highest BCUT2D eigenvalue weighted by molar-refractivity contribution is 7.33. The largest absolute Gasteiger partial charge is 0.476 e. The van der Waals surface area contributed by atoms with E-state index in [4.69, 9.17) is 24.3 Å². The Hall–Kier alpha value is -2.83. The molecule has 0 spiro atoms. The summed E-state index contributed by atoms with van der Waals surface area (Å²) in [6.45, 7) is 2.23. The summed E-state index contributed by atoms with van der Waals surface area (Å²) in [5.74, 6) is -2.70. The molecular weight excluding hydrogens is 460 g/mol. The summed E-state index contributed by atoms with van der Waals surface area (Å²) in [5, 5.41) is 21.4. The predicted molar refractivity (Wildman–Crippen MR) is 114 cm³/mol. The van der Waals surface area contributed by atoms with Gasteiger partial charge >= 0.3 is 8.25 Å². The standard InChI is InChI=1S/C19H23FN5O7P/c1-3-29-14-12-13(23-17(21)24-14)25(10-22-12)16-18(2,27)15(26)19(20,31-16)9-30-33(28)32-11-7-5-4-6-8-11/h4-8,10,15-16,26-27,33H,3,9H2,1-2H3,(H2,21,23,24)/t15-,16+,18+,19+/m0/s1. The summed E-state index contributed by atoms with van der Waals surface area (Å²) in [4.78, 5) is 12.2. The quantitative estimate of drug-likeness (QED) is 0.399. The molecule has 4 N–H and O–H groups in total. The summed E-state index contributed by atoms with van der Waals surface area (Å²) >= 11 is 0. The lowest BCUT2D eigenvalue weighted by Crippen LogP contribution is -2.49. The smallest absolute Gasteiger partial charge is 0.368 e. The molecule has 0 radical (unpaired) electrons. The third kappa shape index (κ3) is 4.37. The van der Waals surface area contributed by atoms with E-state index < -0.39 is 38.6 Å². The summed E-state index contributed by atoms with van der Waals surface area (Å²) < 4.78 is 49.8. The third-order valence-electron chi connectivity index (χ3n) is 5.04. The normalized spacial score (nSPS) is 28.2. The number of para-hydroxylation sites is 1. The van der Waals surface area contributed by atoms with E-state index in [9.17, 15) is 14.8 Å². The lowest BCUT2D eigenvalue weighted by molar-refractivity contribution is -0.202. The minimum atomic E-state index is -3.18. The van der Waals surface area contributed by atoms with E-state index in [2.05, 4.69) is 15.0 Å². The van der Waals surface area contributed by atoms with Gasteiger partial charge in [-0.2, -0.15) is 9.97 Å². The average molecular weight is 483 g/mol. The molecule has 4 rings (SSSR count). The second-order valence-corrected chi connectivity index (χ2v) is 8.48. The first-order valence-electron chi connectivity index (χ1n) is 9.95. The first-order chi connectivity index (χ1) is 15.7. The fraction of sp³-hybridized carbons (Fsp3) is 0.421. The van der Waals surface area contributed by atoms with Crippen molar-refractivity contribution in [3.8, 4) is 11.6 Å². The Morgan fingerprint density at radius 1 is 1.33 bits per heavy atom. The van der Waals surface area contributed by atoms with Gasteiger partial charge in [0, 0.05) is 0 Å². The zero-order valence-corrected chi connectivity index (χ0v) is 18.7. The van der Waals surface area contributed by atoms with Crippen molar-refractivity contribution in [2.24, 2.45) is 0 Å². The Balaban J connectivity index is 1.57. The van der Waals surface area contributed by atoms with Crippen molar-refractivity contribution in [2.45, 2.75) is 37.6 Å². The number of fused-ring (bicyclic) bond motifs is 1. The second kappa shape index (κ2) is 8.84. The number of nitrogens with zero attached hydrogens (tertiary/aromatic N) is 4. The van der Waals surface area contributed by atoms with Crippen molar-refractivity contribution in [1.29, 1.82) is 0 Å². The minimum absolute atomic E-state index is 0.0922. The van der Waals surface area contributed by atoms with Gasteiger partial charge in [-0.3, -0.25) is 9.09 Å². The van der Waals surface area contributed by atoms with E-state index in [-0.39, 0.29) is 35.3 Å². The highest BCUT2D eigenvalue weighted by Crippen LogP contribution is 2.47. The zero-order chi connectivity index (χ0) is 23.8. The van der Waals surface area contributed by atoms with Crippen LogP contribution in [0.2, 0.25) is 0 Å². The molecule has 14 heteroatoms. The Labute approximate surface area is 188 Å². The number of anilines is 1. The van der Waals surface area contributed by atoms with Gasteiger partial charge in [0.1, 0.15) is 24.1 Å². The minimum Gasteiger partial charge on any atom is -0.476 e. The summed E-state index contributed by atoms with van der Waals surface area (Å²) in [6.07, 6.45) is -2.35. The summed E-state index contributed by atoms with van der Waals surface area (Å²) in [6, 6.07) is 8.16. The van der Waals surface area contributed by atoms with Gasteiger partial charge in [-0.15, -0.1) is 0 Å². The molecule has 2 aromatic heterocycles. The van der Waals surface area contributed by atoms with E-state index in [0.29, 0.717) is 0 Å². The number of hydrogen-bond acceptors (Lipinski definition) is 11. The molecule has 1 aliphatic heterocycles. The van der Waals surface area contributed by atoms with Crippen LogP contribution in [0.3, 0.4) is 0 Å². The molecule has 1 fully saturated rings. The Morgan fingerprint density at radius 3 is 2.76 bits per heavy atom. The molecule has 12 nitrogen and oxygen atoms in total. The highest BCUT2D eigenvalue weighted by Gasteiger charge is 2.63. The Bertz CT molecular complexity index is 1160. The second-order valence-electron chi connectivity index (χ2n) is 7.48. The van der Waals surface area contributed by atoms with Crippen LogP contribution in [0.25, 0.3) is 11.2 Å². The number of alkyl halides is 1. The number of ether oxygens (including phenoxy) is 2. The van der Waals surface area contributed by atoms with Crippen LogP contribution in [-0.4, -0.2) is 60.5 Å². The van der Waals surface area contributed by atoms with E-state index in [1.54, 1.807) is 37.3 Å². The SMILES string of the molecule is CCOc1nc(N)nc2c1ncn2[C@@H]1O[C@](F)(CO[PH](=O)Oc2ccccc2)[C@@H](O)[C@@]1(C)O. The van der Waals surface area contributed by atoms with Crippen molar-refractivity contribution in [1.82, 2.24) is 19.5 Å². The topological polar surface area (TPSA) is 164 Å². The van der Waals surface area contributed by atoms with Gasteiger partial charge in [-0.25, -0.2) is 13.9 Å². The van der Waals surface area contributed by atoms with Crippen LogP contribution in [0.1, 0.15) is 20.1 Å². The summed E-state index contributed by atoms with van der Waals surface area (Å²) in [5.41, 5.74) is 3.87. The number of hydrogen-bond donors (Lipinski definition) is 3. The first-order valence-corrected chi connectivity index (χ1v) is 11.2. The maximum absolute atomic E-state index is 15.6. The molecule has 0 amide bonds. The molecule has 33 heavy (non-hydrogen) atoms. The van der Waals surface area contributed by atoms with Gasteiger partial charge < -0.3 is 29.9 Å². The van der Waals surface area contributed by atoms with Crippen LogP contribution >= 0.6 is 8.25 Å². The van der Waals surface area contributed by atoms with Crippen molar-refractivity contribution >= 4 is 25.4 Å². The van der Waals surface area contributed by atoms with Crippen LogP contribution in [0.15, 0.2) is 36.7 Å². The van der Waals surface area contributed by atoms with Crippen molar-refractivity contribution in [3.63, 3.8) is 0 Å². The molecule has 3 heterocycles. The molecule has 1 aromatic carbocycles. The van der Waals surface area contributed by atoms with Gasteiger partial charge in [0.2, 0.25) is 11.8 Å². The number of aliphatic hydroxyl groups excluding tert-OH is 1. The Morgan fingerprint density at radius 2 is 2.06 bits per heavy atom.